The second-order valence-electron chi connectivity index (χ2n) is 3.01. The van der Waals surface area contributed by atoms with E-state index in [9.17, 15) is 0 Å². The maximum absolute atomic E-state index is 3.62. The van der Waals surface area contributed by atoms with Crippen LogP contribution in [0.2, 0.25) is 0 Å². The van der Waals surface area contributed by atoms with Crippen molar-refractivity contribution in [2.45, 2.75) is 6.92 Å². The third kappa shape index (κ3) is 1.81. The molecule has 0 fully saturated rings. The van der Waals surface area contributed by atoms with Crippen LogP contribution >= 0.6 is 43.2 Å². The van der Waals surface area contributed by atoms with Crippen LogP contribution in [0.1, 0.15) is 5.56 Å². The lowest BCUT2D eigenvalue weighted by Crippen LogP contribution is -1.72. The summed E-state index contributed by atoms with van der Waals surface area (Å²) in [6.07, 6.45) is 0. The summed E-state index contributed by atoms with van der Waals surface area (Å²) in [5.74, 6) is 0. The number of hydrogen-bond acceptors (Lipinski definition) is 1. The number of benzene rings is 1. The molecule has 0 unspecified atom stereocenters. The van der Waals surface area contributed by atoms with Gasteiger partial charge in [0.2, 0.25) is 0 Å². The van der Waals surface area contributed by atoms with Crippen LogP contribution in [0, 0.1) is 6.92 Å². The maximum atomic E-state index is 3.62. The van der Waals surface area contributed by atoms with Gasteiger partial charge in [0, 0.05) is 9.35 Å². The van der Waals surface area contributed by atoms with Crippen molar-refractivity contribution in [3.63, 3.8) is 0 Å². The number of halogens is 2. The minimum atomic E-state index is 1.19. The third-order valence-corrected chi connectivity index (χ3v) is 5.51. The Bertz CT molecular complexity index is 446. The maximum Gasteiger partial charge on any atom is 0.0745 e. The molecule has 0 saturated carbocycles. The zero-order valence-corrected chi connectivity index (χ0v) is 11.5. The Morgan fingerprint density at radius 3 is 2.21 bits per heavy atom. The first-order valence-electron chi connectivity index (χ1n) is 4.20. The van der Waals surface area contributed by atoms with Crippen LogP contribution in [0.4, 0.5) is 0 Å². The van der Waals surface area contributed by atoms with Crippen LogP contribution in [0.25, 0.3) is 10.4 Å². The standard InChI is InChI=1S/C11H8Br2S/c1-7-9(12)10(14-11(7)13)8-5-3-2-4-6-8/h2-6H,1H3. The Balaban J connectivity index is 2.58. The van der Waals surface area contributed by atoms with E-state index >= 15 is 0 Å². The molecule has 0 spiro atoms. The van der Waals surface area contributed by atoms with Gasteiger partial charge in [-0.1, -0.05) is 30.3 Å². The predicted molar refractivity (Wildman–Crippen MR) is 69.9 cm³/mol. The normalized spacial score (nSPS) is 10.5. The fourth-order valence-corrected chi connectivity index (χ4v) is 3.92. The summed E-state index contributed by atoms with van der Waals surface area (Å²) in [7, 11) is 0. The monoisotopic (exact) mass is 330 g/mol. The third-order valence-electron chi connectivity index (χ3n) is 2.05. The summed E-state index contributed by atoms with van der Waals surface area (Å²) in [4.78, 5) is 1.29. The minimum Gasteiger partial charge on any atom is -0.127 e. The topological polar surface area (TPSA) is 0 Å². The zero-order chi connectivity index (χ0) is 10.1. The highest BCUT2D eigenvalue weighted by molar-refractivity contribution is 9.11. The molecule has 0 aliphatic carbocycles. The van der Waals surface area contributed by atoms with Gasteiger partial charge < -0.3 is 0 Å². The van der Waals surface area contributed by atoms with Gasteiger partial charge in [-0.05, 0) is 49.9 Å². The van der Waals surface area contributed by atoms with Crippen LogP contribution in [-0.2, 0) is 0 Å². The Morgan fingerprint density at radius 2 is 1.71 bits per heavy atom. The van der Waals surface area contributed by atoms with Gasteiger partial charge in [-0.2, -0.15) is 0 Å². The summed E-state index contributed by atoms with van der Waals surface area (Å²) in [5, 5.41) is 0. The van der Waals surface area contributed by atoms with Crippen LogP contribution in [0.15, 0.2) is 38.6 Å². The van der Waals surface area contributed by atoms with Gasteiger partial charge in [-0.25, -0.2) is 0 Å². The van der Waals surface area contributed by atoms with Crippen molar-refractivity contribution in [2.75, 3.05) is 0 Å². The molecule has 0 aliphatic rings. The summed E-state index contributed by atoms with van der Waals surface area (Å²) in [6.45, 7) is 2.11. The van der Waals surface area contributed by atoms with Crippen molar-refractivity contribution in [2.24, 2.45) is 0 Å². The van der Waals surface area contributed by atoms with E-state index in [1.165, 1.54) is 24.3 Å². The predicted octanol–water partition coefficient (Wildman–Crippen LogP) is 5.25. The Morgan fingerprint density at radius 1 is 1.07 bits per heavy atom. The fourth-order valence-electron chi connectivity index (χ4n) is 1.24. The minimum absolute atomic E-state index is 1.19. The van der Waals surface area contributed by atoms with Crippen molar-refractivity contribution in [1.29, 1.82) is 0 Å². The van der Waals surface area contributed by atoms with Crippen LogP contribution < -0.4 is 0 Å². The second kappa shape index (κ2) is 4.17. The van der Waals surface area contributed by atoms with Crippen molar-refractivity contribution in [3.8, 4) is 10.4 Å². The Labute approximate surface area is 104 Å². The number of thiophene rings is 1. The molecule has 1 aromatic carbocycles. The molecule has 0 N–H and O–H groups in total. The highest BCUT2D eigenvalue weighted by Gasteiger charge is 2.11. The Kier molecular flexibility index (Phi) is 3.10. The molecule has 2 rings (SSSR count). The quantitative estimate of drug-likeness (QED) is 0.669. The van der Waals surface area contributed by atoms with Gasteiger partial charge >= 0.3 is 0 Å². The lowest BCUT2D eigenvalue weighted by atomic mass is 10.2. The molecule has 0 radical (unpaired) electrons. The molecular formula is C11H8Br2S. The van der Waals surface area contributed by atoms with E-state index in [2.05, 4.69) is 63.0 Å². The van der Waals surface area contributed by atoms with Gasteiger partial charge in [0.15, 0.2) is 0 Å². The van der Waals surface area contributed by atoms with E-state index in [1.807, 2.05) is 6.07 Å². The number of hydrogen-bond donors (Lipinski definition) is 0. The van der Waals surface area contributed by atoms with Gasteiger partial charge in [0.05, 0.1) is 3.79 Å². The molecule has 0 amide bonds. The molecule has 0 atom stereocenters. The van der Waals surface area contributed by atoms with Crippen molar-refractivity contribution in [3.05, 3.63) is 44.2 Å². The lowest BCUT2D eigenvalue weighted by Gasteiger charge is -1.97. The highest BCUT2D eigenvalue weighted by Crippen LogP contribution is 2.42. The fraction of sp³-hybridized carbons (Fsp3) is 0.0909. The molecule has 0 saturated heterocycles. The Hall–Kier alpha value is -0.120. The molecule has 3 heteroatoms. The first kappa shape index (κ1) is 10.4. The van der Waals surface area contributed by atoms with Gasteiger partial charge in [-0.15, -0.1) is 11.3 Å². The highest BCUT2D eigenvalue weighted by atomic mass is 79.9. The average Bonchev–Trinajstić information content (AvgIpc) is 2.47. The summed E-state index contributed by atoms with van der Waals surface area (Å²) < 4.78 is 2.39. The van der Waals surface area contributed by atoms with Gasteiger partial charge in [0.25, 0.3) is 0 Å². The van der Waals surface area contributed by atoms with Crippen LogP contribution in [0.3, 0.4) is 0 Å². The second-order valence-corrected chi connectivity index (χ2v) is 6.14. The lowest BCUT2D eigenvalue weighted by molar-refractivity contribution is 1.49. The van der Waals surface area contributed by atoms with Crippen LogP contribution in [0.5, 0.6) is 0 Å². The molecule has 14 heavy (non-hydrogen) atoms. The first-order chi connectivity index (χ1) is 6.70. The molecule has 1 aromatic heterocycles. The van der Waals surface area contributed by atoms with Crippen molar-refractivity contribution >= 4 is 43.2 Å². The van der Waals surface area contributed by atoms with E-state index < -0.39 is 0 Å². The van der Waals surface area contributed by atoms with Gasteiger partial charge in [0.1, 0.15) is 0 Å². The van der Waals surface area contributed by atoms with E-state index in [0.717, 1.165) is 0 Å². The summed E-state index contributed by atoms with van der Waals surface area (Å²) in [5.41, 5.74) is 2.53. The largest absolute Gasteiger partial charge is 0.127 e. The molecule has 2 aromatic rings. The number of rotatable bonds is 1. The van der Waals surface area contributed by atoms with E-state index in [1.54, 1.807) is 11.3 Å². The average molecular weight is 332 g/mol. The molecular weight excluding hydrogens is 324 g/mol. The molecule has 1 heterocycles. The zero-order valence-electron chi connectivity index (χ0n) is 7.55. The van der Waals surface area contributed by atoms with Crippen molar-refractivity contribution in [1.82, 2.24) is 0 Å². The smallest absolute Gasteiger partial charge is 0.0745 e. The van der Waals surface area contributed by atoms with Crippen LogP contribution in [-0.4, -0.2) is 0 Å². The molecule has 72 valence electrons. The van der Waals surface area contributed by atoms with E-state index in [0.29, 0.717) is 0 Å². The van der Waals surface area contributed by atoms with Gasteiger partial charge in [-0.3, -0.25) is 0 Å². The summed E-state index contributed by atoms with van der Waals surface area (Å²) in [6, 6.07) is 10.4. The van der Waals surface area contributed by atoms with E-state index in [-0.39, 0.29) is 0 Å². The van der Waals surface area contributed by atoms with Crippen molar-refractivity contribution < 1.29 is 0 Å². The first-order valence-corrected chi connectivity index (χ1v) is 6.60. The van der Waals surface area contributed by atoms with E-state index in [4.69, 9.17) is 0 Å². The molecule has 0 aliphatic heterocycles. The molecule has 0 bridgehead atoms. The SMILES string of the molecule is Cc1c(Br)sc(-c2ccccc2)c1Br. The molecule has 0 nitrogen and oxygen atoms in total. The summed E-state index contributed by atoms with van der Waals surface area (Å²) >= 11 is 8.93.